The summed E-state index contributed by atoms with van der Waals surface area (Å²) < 4.78 is 0. The number of hydrogen-bond acceptors (Lipinski definition) is 2. The first-order valence-electron chi connectivity index (χ1n) is 7.24. The topological polar surface area (TPSA) is 35.8 Å². The summed E-state index contributed by atoms with van der Waals surface area (Å²) in [6.07, 6.45) is 0. The lowest BCUT2D eigenvalue weighted by molar-refractivity contribution is 0.687. The van der Waals surface area contributed by atoms with E-state index in [1.165, 1.54) is 16.7 Å². The van der Waals surface area contributed by atoms with Crippen LogP contribution in [0.5, 0.6) is 0 Å². The van der Waals surface area contributed by atoms with E-state index in [1.807, 2.05) is 38.1 Å². The molecule has 0 fully saturated rings. The third kappa shape index (κ3) is 3.64. The second-order valence-corrected chi connectivity index (χ2v) is 6.10. The lowest BCUT2D eigenvalue weighted by atomic mass is 9.86. The maximum absolute atomic E-state index is 9.16. The Labute approximate surface area is 127 Å². The Morgan fingerprint density at radius 1 is 1.05 bits per heavy atom. The van der Waals surface area contributed by atoms with Gasteiger partial charge in [-0.2, -0.15) is 5.26 Å². The van der Waals surface area contributed by atoms with Gasteiger partial charge in [0.1, 0.15) is 0 Å². The molecule has 0 aliphatic carbocycles. The summed E-state index contributed by atoms with van der Waals surface area (Å²) in [6, 6.07) is 17.0. The van der Waals surface area contributed by atoms with E-state index in [2.05, 4.69) is 43.4 Å². The van der Waals surface area contributed by atoms with Gasteiger partial charge < -0.3 is 5.32 Å². The molecule has 2 rings (SSSR count). The summed E-state index contributed by atoms with van der Waals surface area (Å²) in [7, 11) is 0. The number of hydrogen-bond donors (Lipinski definition) is 1. The van der Waals surface area contributed by atoms with E-state index in [9.17, 15) is 0 Å². The van der Waals surface area contributed by atoms with Crippen molar-refractivity contribution in [3.8, 4) is 6.07 Å². The third-order valence-electron chi connectivity index (χ3n) is 3.87. The molecule has 2 aromatic rings. The van der Waals surface area contributed by atoms with Crippen molar-refractivity contribution in [2.24, 2.45) is 0 Å². The molecule has 1 N–H and O–H groups in total. The van der Waals surface area contributed by atoms with Crippen molar-refractivity contribution >= 4 is 5.69 Å². The molecule has 0 unspecified atom stereocenters. The Balaban J connectivity index is 2.08. The molecule has 0 amide bonds. The molecule has 0 saturated heterocycles. The number of aryl methyl sites for hydroxylation is 2. The van der Waals surface area contributed by atoms with Crippen molar-refractivity contribution in [2.45, 2.75) is 39.7 Å². The van der Waals surface area contributed by atoms with E-state index < -0.39 is 5.41 Å². The molecule has 0 bridgehead atoms. The summed E-state index contributed by atoms with van der Waals surface area (Å²) in [5, 5.41) is 12.6. The highest BCUT2D eigenvalue weighted by molar-refractivity contribution is 5.48. The molecule has 0 atom stereocenters. The van der Waals surface area contributed by atoms with Crippen LogP contribution in [0.1, 0.15) is 36.1 Å². The maximum atomic E-state index is 9.16. The summed E-state index contributed by atoms with van der Waals surface area (Å²) in [6.45, 7) is 8.93. The largest absolute Gasteiger partial charge is 0.381 e. The molecule has 0 aromatic heterocycles. The highest BCUT2D eigenvalue weighted by atomic mass is 14.9. The van der Waals surface area contributed by atoms with Crippen molar-refractivity contribution in [3.63, 3.8) is 0 Å². The Hall–Kier alpha value is -2.27. The van der Waals surface area contributed by atoms with Gasteiger partial charge in [-0.05, 0) is 56.5 Å². The van der Waals surface area contributed by atoms with E-state index in [0.29, 0.717) is 0 Å². The lowest BCUT2D eigenvalue weighted by Gasteiger charge is -2.16. The van der Waals surface area contributed by atoms with Crippen molar-refractivity contribution in [1.29, 1.82) is 5.26 Å². The molecule has 108 valence electrons. The zero-order chi connectivity index (χ0) is 15.5. The van der Waals surface area contributed by atoms with Crippen LogP contribution in [0, 0.1) is 25.2 Å². The normalized spacial score (nSPS) is 11.0. The van der Waals surface area contributed by atoms with Gasteiger partial charge in [-0.1, -0.05) is 35.9 Å². The molecule has 2 aromatic carbocycles. The van der Waals surface area contributed by atoms with E-state index in [0.717, 1.165) is 17.8 Å². The minimum absolute atomic E-state index is 0.439. The van der Waals surface area contributed by atoms with Crippen LogP contribution in [0.3, 0.4) is 0 Å². The third-order valence-corrected chi connectivity index (χ3v) is 3.87. The van der Waals surface area contributed by atoms with Crippen molar-refractivity contribution in [2.75, 3.05) is 5.32 Å². The van der Waals surface area contributed by atoms with Crippen LogP contribution in [0.2, 0.25) is 0 Å². The van der Waals surface area contributed by atoms with Gasteiger partial charge in [0.25, 0.3) is 0 Å². The molecular formula is C19H22N2. The molecule has 2 heteroatoms. The first-order chi connectivity index (χ1) is 9.92. The zero-order valence-electron chi connectivity index (χ0n) is 13.2. The molecular weight excluding hydrogens is 256 g/mol. The highest BCUT2D eigenvalue weighted by Crippen LogP contribution is 2.24. The van der Waals surface area contributed by atoms with E-state index in [1.54, 1.807) is 0 Å². The molecule has 21 heavy (non-hydrogen) atoms. The number of rotatable bonds is 4. The first kappa shape index (κ1) is 15.1. The van der Waals surface area contributed by atoms with Gasteiger partial charge in [-0.3, -0.25) is 0 Å². The molecule has 2 nitrogen and oxygen atoms in total. The van der Waals surface area contributed by atoms with Gasteiger partial charge in [0.05, 0.1) is 11.5 Å². The SMILES string of the molecule is Cc1ccc(C)c(CNc2ccc(C(C)(C)C#N)cc2)c1. The van der Waals surface area contributed by atoms with E-state index >= 15 is 0 Å². The Kier molecular flexibility index (Phi) is 4.33. The summed E-state index contributed by atoms with van der Waals surface area (Å²) >= 11 is 0. The van der Waals surface area contributed by atoms with Gasteiger partial charge >= 0.3 is 0 Å². The molecule has 0 heterocycles. The van der Waals surface area contributed by atoms with Gasteiger partial charge in [-0.15, -0.1) is 0 Å². The molecule has 0 radical (unpaired) electrons. The van der Waals surface area contributed by atoms with Gasteiger partial charge in [0.2, 0.25) is 0 Å². The first-order valence-corrected chi connectivity index (χ1v) is 7.24. The van der Waals surface area contributed by atoms with Crippen LogP contribution in [0.25, 0.3) is 0 Å². The van der Waals surface area contributed by atoms with E-state index in [-0.39, 0.29) is 0 Å². The predicted octanol–water partition coefficient (Wildman–Crippen LogP) is 4.72. The van der Waals surface area contributed by atoms with Gasteiger partial charge in [0, 0.05) is 12.2 Å². The van der Waals surface area contributed by atoms with Crippen LogP contribution in [0.15, 0.2) is 42.5 Å². The maximum Gasteiger partial charge on any atom is 0.0766 e. The Morgan fingerprint density at radius 3 is 2.33 bits per heavy atom. The average molecular weight is 278 g/mol. The Morgan fingerprint density at radius 2 is 1.71 bits per heavy atom. The number of nitrogens with zero attached hydrogens (tertiary/aromatic N) is 1. The molecule has 0 aliphatic rings. The van der Waals surface area contributed by atoms with Crippen LogP contribution in [-0.2, 0) is 12.0 Å². The summed E-state index contributed by atoms with van der Waals surface area (Å²) in [5.41, 5.74) is 5.58. The van der Waals surface area contributed by atoms with Crippen molar-refractivity contribution in [1.82, 2.24) is 0 Å². The highest BCUT2D eigenvalue weighted by Gasteiger charge is 2.18. The second kappa shape index (κ2) is 6.01. The number of benzene rings is 2. The van der Waals surface area contributed by atoms with E-state index in [4.69, 9.17) is 5.26 Å². The van der Waals surface area contributed by atoms with Crippen LogP contribution >= 0.6 is 0 Å². The average Bonchev–Trinajstić information content (AvgIpc) is 2.48. The van der Waals surface area contributed by atoms with Crippen molar-refractivity contribution < 1.29 is 0 Å². The summed E-state index contributed by atoms with van der Waals surface area (Å²) in [5.74, 6) is 0. The summed E-state index contributed by atoms with van der Waals surface area (Å²) in [4.78, 5) is 0. The fraction of sp³-hybridized carbons (Fsp3) is 0.316. The quantitative estimate of drug-likeness (QED) is 0.878. The zero-order valence-corrected chi connectivity index (χ0v) is 13.2. The minimum atomic E-state index is -0.439. The van der Waals surface area contributed by atoms with Crippen LogP contribution in [0.4, 0.5) is 5.69 Å². The second-order valence-electron chi connectivity index (χ2n) is 6.10. The van der Waals surface area contributed by atoms with Crippen LogP contribution < -0.4 is 5.32 Å². The smallest absolute Gasteiger partial charge is 0.0766 e. The van der Waals surface area contributed by atoms with Gasteiger partial charge in [-0.25, -0.2) is 0 Å². The van der Waals surface area contributed by atoms with Gasteiger partial charge in [0.15, 0.2) is 0 Å². The van der Waals surface area contributed by atoms with Crippen molar-refractivity contribution in [3.05, 3.63) is 64.7 Å². The fourth-order valence-electron chi connectivity index (χ4n) is 2.26. The standard InChI is InChI=1S/C19H22N2/c1-14-5-6-15(2)16(11-14)12-21-18-9-7-17(8-10-18)19(3,4)13-20/h5-11,21H,12H2,1-4H3. The minimum Gasteiger partial charge on any atom is -0.381 e. The fourth-order valence-corrected chi connectivity index (χ4v) is 2.26. The predicted molar refractivity (Wildman–Crippen MR) is 88.3 cm³/mol. The number of anilines is 1. The molecule has 0 aliphatic heterocycles. The molecule has 0 spiro atoms. The van der Waals surface area contributed by atoms with Crippen LogP contribution in [-0.4, -0.2) is 0 Å². The lowest BCUT2D eigenvalue weighted by Crippen LogP contribution is -2.13. The Bertz CT molecular complexity index is 661. The monoisotopic (exact) mass is 278 g/mol. The molecule has 0 saturated carbocycles. The number of nitrogens with one attached hydrogen (secondary N) is 1. The number of nitriles is 1.